The Hall–Kier alpha value is -1.27. The molecule has 0 saturated carbocycles. The van der Waals surface area contributed by atoms with E-state index in [1.165, 1.54) is 49.3 Å². The Bertz CT molecular complexity index is 454. The van der Waals surface area contributed by atoms with E-state index in [0.717, 1.165) is 19.5 Å². The molecule has 2 heterocycles. The van der Waals surface area contributed by atoms with Gasteiger partial charge >= 0.3 is 0 Å². The number of hydrogen-bond donors (Lipinski definition) is 1. The number of nitrogens with one attached hydrogen (secondary N) is 1. The van der Waals surface area contributed by atoms with Crippen LogP contribution in [-0.4, -0.2) is 28.0 Å². The molecule has 1 aromatic rings. The van der Waals surface area contributed by atoms with E-state index in [2.05, 4.69) is 21.7 Å². The van der Waals surface area contributed by atoms with Crippen LogP contribution in [-0.2, 0) is 12.8 Å². The lowest BCUT2D eigenvalue weighted by Crippen LogP contribution is -2.24. The van der Waals surface area contributed by atoms with Gasteiger partial charge in [-0.1, -0.05) is 5.92 Å². The van der Waals surface area contributed by atoms with Crippen LogP contribution in [0.25, 0.3) is 0 Å². The largest absolute Gasteiger partial charge is 0.344 e. The molecule has 0 spiro atoms. The molecule has 0 aromatic carbocycles. The van der Waals surface area contributed by atoms with E-state index in [-0.39, 0.29) is 0 Å². The molecular weight excluding hydrogens is 222 g/mol. The van der Waals surface area contributed by atoms with Crippen molar-refractivity contribution in [2.45, 2.75) is 51.5 Å². The minimum Gasteiger partial charge on any atom is -0.344 e. The fraction of sp³-hybridized carbons (Fsp3) is 0.667. The van der Waals surface area contributed by atoms with Gasteiger partial charge < -0.3 is 4.98 Å². The third kappa shape index (κ3) is 2.18. The van der Waals surface area contributed by atoms with E-state index in [1.54, 1.807) is 0 Å². The fourth-order valence-electron chi connectivity index (χ4n) is 3.14. The first kappa shape index (κ1) is 11.8. The maximum atomic E-state index is 4.85. The topological polar surface area (TPSA) is 31.9 Å². The average molecular weight is 243 g/mol. The van der Waals surface area contributed by atoms with E-state index in [4.69, 9.17) is 4.98 Å². The highest BCUT2D eigenvalue weighted by atomic mass is 15.2. The third-order valence-electron chi connectivity index (χ3n) is 4.11. The number of likely N-dealkylation sites (tertiary alicyclic amines) is 1. The zero-order chi connectivity index (χ0) is 12.4. The third-order valence-corrected chi connectivity index (χ3v) is 4.11. The van der Waals surface area contributed by atoms with Crippen LogP contribution in [0.2, 0.25) is 0 Å². The van der Waals surface area contributed by atoms with E-state index < -0.39 is 0 Å². The summed E-state index contributed by atoms with van der Waals surface area (Å²) in [6, 6.07) is 0.469. The number of aryl methyl sites for hydroxylation is 2. The van der Waals surface area contributed by atoms with Crippen molar-refractivity contribution in [1.29, 1.82) is 0 Å². The Morgan fingerprint density at radius 3 is 3.06 bits per heavy atom. The first-order chi connectivity index (χ1) is 8.88. The summed E-state index contributed by atoms with van der Waals surface area (Å²) in [4.78, 5) is 10.9. The second kappa shape index (κ2) is 5.16. The molecule has 1 aliphatic heterocycles. The minimum absolute atomic E-state index is 0.469. The molecule has 0 radical (unpaired) electrons. The minimum atomic E-state index is 0.469. The van der Waals surface area contributed by atoms with Crippen LogP contribution >= 0.6 is 0 Å². The SMILES string of the molecule is CC#CCN1CCC[C@@H]1c1nc2c([nH]1)CCCC2. The summed E-state index contributed by atoms with van der Waals surface area (Å²) in [6.07, 6.45) is 7.44. The highest BCUT2D eigenvalue weighted by Gasteiger charge is 2.29. The van der Waals surface area contributed by atoms with E-state index in [9.17, 15) is 0 Å². The number of aromatic nitrogens is 2. The lowest BCUT2D eigenvalue weighted by atomic mass is 10.0. The van der Waals surface area contributed by atoms with Gasteiger partial charge in [-0.25, -0.2) is 4.98 Å². The predicted molar refractivity (Wildman–Crippen MR) is 72.2 cm³/mol. The quantitative estimate of drug-likeness (QED) is 0.809. The second-order valence-corrected chi connectivity index (χ2v) is 5.31. The van der Waals surface area contributed by atoms with Crippen LogP contribution < -0.4 is 0 Å². The standard InChI is InChI=1S/C15H21N3/c1-2-3-10-18-11-6-9-14(18)15-16-12-7-4-5-8-13(12)17-15/h14H,4-11H2,1H3,(H,16,17)/t14-/m1/s1. The molecule has 1 N–H and O–H groups in total. The number of H-pyrrole nitrogens is 1. The molecule has 3 nitrogen and oxygen atoms in total. The van der Waals surface area contributed by atoms with Crippen LogP contribution in [0.5, 0.6) is 0 Å². The van der Waals surface area contributed by atoms with E-state index in [0.29, 0.717) is 6.04 Å². The summed E-state index contributed by atoms with van der Waals surface area (Å²) in [5.74, 6) is 7.37. The molecule has 3 heteroatoms. The maximum absolute atomic E-state index is 4.85. The number of rotatable bonds is 2. The van der Waals surface area contributed by atoms with Gasteiger partial charge in [0.1, 0.15) is 5.82 Å². The molecule has 1 aliphatic carbocycles. The smallest absolute Gasteiger partial charge is 0.124 e. The summed E-state index contributed by atoms with van der Waals surface area (Å²) in [5.41, 5.74) is 2.72. The summed E-state index contributed by atoms with van der Waals surface area (Å²) >= 11 is 0. The zero-order valence-corrected chi connectivity index (χ0v) is 11.1. The van der Waals surface area contributed by atoms with Gasteiger partial charge in [-0.2, -0.15) is 0 Å². The van der Waals surface area contributed by atoms with Crippen LogP contribution in [0.3, 0.4) is 0 Å². The summed E-state index contributed by atoms with van der Waals surface area (Å²) < 4.78 is 0. The van der Waals surface area contributed by atoms with Gasteiger partial charge in [-0.15, -0.1) is 5.92 Å². The van der Waals surface area contributed by atoms with Crippen LogP contribution in [0, 0.1) is 11.8 Å². The van der Waals surface area contributed by atoms with Crippen LogP contribution in [0.1, 0.15) is 55.9 Å². The lowest BCUT2D eigenvalue weighted by Gasteiger charge is -2.19. The monoisotopic (exact) mass is 243 g/mol. The van der Waals surface area contributed by atoms with Crippen LogP contribution in [0.4, 0.5) is 0 Å². The van der Waals surface area contributed by atoms with Gasteiger partial charge in [-0.05, 0) is 52.0 Å². The normalized spacial score (nSPS) is 23.5. The molecule has 0 amide bonds. The van der Waals surface area contributed by atoms with Crippen molar-refractivity contribution in [2.75, 3.05) is 13.1 Å². The molecule has 2 aliphatic rings. The highest BCUT2D eigenvalue weighted by Crippen LogP contribution is 2.31. The van der Waals surface area contributed by atoms with E-state index in [1.807, 2.05) is 6.92 Å². The van der Waals surface area contributed by atoms with Crippen molar-refractivity contribution in [3.8, 4) is 11.8 Å². The zero-order valence-electron chi connectivity index (χ0n) is 11.1. The molecule has 96 valence electrons. The summed E-state index contributed by atoms with van der Waals surface area (Å²) in [7, 11) is 0. The number of imidazole rings is 1. The number of aromatic amines is 1. The summed E-state index contributed by atoms with van der Waals surface area (Å²) in [6.45, 7) is 3.95. The van der Waals surface area contributed by atoms with Gasteiger partial charge in [0.15, 0.2) is 0 Å². The first-order valence-corrected chi connectivity index (χ1v) is 7.10. The van der Waals surface area contributed by atoms with Crippen molar-refractivity contribution in [1.82, 2.24) is 14.9 Å². The molecule has 0 unspecified atom stereocenters. The summed E-state index contributed by atoms with van der Waals surface area (Å²) in [5, 5.41) is 0. The highest BCUT2D eigenvalue weighted by molar-refractivity contribution is 5.20. The van der Waals surface area contributed by atoms with Crippen molar-refractivity contribution >= 4 is 0 Å². The van der Waals surface area contributed by atoms with Crippen molar-refractivity contribution in [2.24, 2.45) is 0 Å². The Balaban J connectivity index is 1.79. The van der Waals surface area contributed by atoms with E-state index >= 15 is 0 Å². The van der Waals surface area contributed by atoms with Gasteiger partial charge in [0, 0.05) is 5.69 Å². The maximum Gasteiger partial charge on any atom is 0.124 e. The number of fused-ring (bicyclic) bond motifs is 1. The molecule has 1 atom stereocenters. The van der Waals surface area contributed by atoms with Crippen LogP contribution in [0.15, 0.2) is 0 Å². The Morgan fingerprint density at radius 1 is 1.33 bits per heavy atom. The molecule has 1 fully saturated rings. The molecular formula is C15H21N3. The first-order valence-electron chi connectivity index (χ1n) is 7.10. The van der Waals surface area contributed by atoms with Gasteiger partial charge in [0.2, 0.25) is 0 Å². The van der Waals surface area contributed by atoms with Gasteiger partial charge in [0.25, 0.3) is 0 Å². The van der Waals surface area contributed by atoms with Crippen molar-refractivity contribution in [3.63, 3.8) is 0 Å². The van der Waals surface area contributed by atoms with Gasteiger partial charge in [0.05, 0.1) is 18.3 Å². The fourth-order valence-corrected chi connectivity index (χ4v) is 3.14. The number of nitrogens with zero attached hydrogens (tertiary/aromatic N) is 2. The Morgan fingerprint density at radius 2 is 2.22 bits per heavy atom. The van der Waals surface area contributed by atoms with Crippen molar-refractivity contribution in [3.05, 3.63) is 17.2 Å². The lowest BCUT2D eigenvalue weighted by molar-refractivity contribution is 0.280. The number of hydrogen-bond acceptors (Lipinski definition) is 2. The van der Waals surface area contributed by atoms with Gasteiger partial charge in [-0.3, -0.25) is 4.90 Å². The average Bonchev–Trinajstić information content (AvgIpc) is 3.01. The molecule has 18 heavy (non-hydrogen) atoms. The Labute approximate surface area is 109 Å². The molecule has 1 aromatic heterocycles. The molecule has 1 saturated heterocycles. The second-order valence-electron chi connectivity index (χ2n) is 5.31. The Kier molecular flexibility index (Phi) is 3.38. The predicted octanol–water partition coefficient (Wildman–Crippen LogP) is 2.45. The van der Waals surface area contributed by atoms with Crippen molar-refractivity contribution < 1.29 is 0 Å². The molecule has 0 bridgehead atoms. The molecule has 3 rings (SSSR count).